The van der Waals surface area contributed by atoms with Crippen molar-refractivity contribution < 1.29 is 23.2 Å². The molecule has 2 aliphatic heterocycles. The van der Waals surface area contributed by atoms with Crippen molar-refractivity contribution in [1.29, 1.82) is 0 Å². The van der Waals surface area contributed by atoms with Gasteiger partial charge in [0.1, 0.15) is 11.5 Å². The molecule has 2 aromatic carbocycles. The highest BCUT2D eigenvalue weighted by atomic mass is 19.1. The van der Waals surface area contributed by atoms with Crippen LogP contribution in [0.5, 0.6) is 0 Å². The zero-order chi connectivity index (χ0) is 24.2. The van der Waals surface area contributed by atoms with Crippen molar-refractivity contribution in [2.45, 2.75) is 32.4 Å². The van der Waals surface area contributed by atoms with E-state index < -0.39 is 0 Å². The summed E-state index contributed by atoms with van der Waals surface area (Å²) in [5, 5.41) is 4.29. The highest BCUT2D eigenvalue weighted by Crippen LogP contribution is 2.34. The fourth-order valence-corrected chi connectivity index (χ4v) is 4.73. The van der Waals surface area contributed by atoms with Crippen molar-refractivity contribution in [3.63, 3.8) is 0 Å². The number of anilines is 1. The van der Waals surface area contributed by atoms with Crippen molar-refractivity contribution in [3.05, 3.63) is 71.0 Å². The summed E-state index contributed by atoms with van der Waals surface area (Å²) in [6, 6.07) is 14.1. The number of ether oxygens (including phenoxy) is 2. The van der Waals surface area contributed by atoms with Crippen LogP contribution in [0.3, 0.4) is 0 Å². The van der Waals surface area contributed by atoms with Crippen LogP contribution in [-0.4, -0.2) is 61.5 Å². The molecule has 184 valence electrons. The molecule has 1 atom stereocenters. The number of nitrogens with zero attached hydrogens (tertiary/aromatic N) is 3. The highest BCUT2D eigenvalue weighted by Gasteiger charge is 2.30. The van der Waals surface area contributed by atoms with E-state index in [4.69, 9.17) is 14.0 Å². The molecule has 1 amide bonds. The van der Waals surface area contributed by atoms with E-state index in [-0.39, 0.29) is 24.4 Å². The lowest BCUT2D eigenvalue weighted by molar-refractivity contribution is 0.0507. The van der Waals surface area contributed by atoms with E-state index in [2.05, 4.69) is 10.1 Å². The molecule has 2 aliphatic rings. The second-order valence-electron chi connectivity index (χ2n) is 9.08. The summed E-state index contributed by atoms with van der Waals surface area (Å²) in [5.74, 6) is 0.0741. The predicted molar refractivity (Wildman–Crippen MR) is 130 cm³/mol. The van der Waals surface area contributed by atoms with Crippen LogP contribution in [-0.2, 0) is 16.0 Å². The molecule has 0 N–H and O–H groups in total. The molecule has 3 heterocycles. The summed E-state index contributed by atoms with van der Waals surface area (Å²) in [4.78, 5) is 17.6. The summed E-state index contributed by atoms with van der Waals surface area (Å²) in [6.07, 6.45) is 1.84. The molecule has 3 aromatic rings. The van der Waals surface area contributed by atoms with Crippen LogP contribution < -0.4 is 4.90 Å². The maximum atomic E-state index is 14.8. The second-order valence-corrected chi connectivity index (χ2v) is 9.08. The lowest BCUT2D eigenvalue weighted by Gasteiger charge is -2.29. The highest BCUT2D eigenvalue weighted by molar-refractivity contribution is 5.94. The number of aryl methyl sites for hydroxylation is 1. The Bertz CT molecular complexity index is 1170. The zero-order valence-corrected chi connectivity index (χ0v) is 19.9. The van der Waals surface area contributed by atoms with Gasteiger partial charge in [0.05, 0.1) is 31.4 Å². The van der Waals surface area contributed by atoms with Crippen LogP contribution in [0.15, 0.2) is 53.1 Å². The molecule has 2 fully saturated rings. The number of rotatable bonds is 7. The molecule has 0 aliphatic carbocycles. The van der Waals surface area contributed by atoms with Crippen LogP contribution in [0, 0.1) is 12.7 Å². The van der Waals surface area contributed by atoms with Crippen LogP contribution in [0.2, 0.25) is 0 Å². The Labute approximate surface area is 204 Å². The molecular formula is C27H30FN3O4. The third-order valence-electron chi connectivity index (χ3n) is 6.54. The largest absolute Gasteiger partial charge is 0.378 e. The Hall–Kier alpha value is -3.23. The van der Waals surface area contributed by atoms with E-state index in [9.17, 15) is 9.18 Å². The molecule has 0 radical (unpaired) electrons. The van der Waals surface area contributed by atoms with Crippen LogP contribution in [0.25, 0.3) is 11.3 Å². The van der Waals surface area contributed by atoms with Gasteiger partial charge in [-0.1, -0.05) is 35.0 Å². The SMILES string of the molecule is Cc1cccc(C(=O)N(Cc2c(-c3ccccc3F)noc2N2CCOCC2)C[C@H]2CCCO2)c1. The van der Waals surface area contributed by atoms with Gasteiger partial charge < -0.3 is 23.8 Å². The van der Waals surface area contributed by atoms with Gasteiger partial charge >= 0.3 is 0 Å². The molecule has 0 unspecified atom stereocenters. The number of carbonyl (C=O) groups is 1. The molecule has 0 saturated carbocycles. The maximum absolute atomic E-state index is 14.8. The zero-order valence-electron chi connectivity index (χ0n) is 19.9. The lowest BCUT2D eigenvalue weighted by Crippen LogP contribution is -2.39. The molecule has 35 heavy (non-hydrogen) atoms. The average Bonchev–Trinajstić information content (AvgIpc) is 3.54. The number of halogens is 1. The Balaban J connectivity index is 1.54. The number of hydrogen-bond donors (Lipinski definition) is 0. The van der Waals surface area contributed by atoms with Crippen molar-refractivity contribution in [2.75, 3.05) is 44.4 Å². The fraction of sp³-hybridized carbons (Fsp3) is 0.407. The summed E-state index contributed by atoms with van der Waals surface area (Å²) in [6.45, 7) is 5.74. The molecule has 2 saturated heterocycles. The van der Waals surface area contributed by atoms with E-state index >= 15 is 0 Å². The van der Waals surface area contributed by atoms with Crippen LogP contribution in [0.1, 0.15) is 34.3 Å². The number of amides is 1. The van der Waals surface area contributed by atoms with Gasteiger partial charge in [-0.05, 0) is 44.0 Å². The Morgan fingerprint density at radius 3 is 2.71 bits per heavy atom. The van der Waals surface area contributed by atoms with Gasteiger partial charge in [0.15, 0.2) is 0 Å². The van der Waals surface area contributed by atoms with Gasteiger partial charge in [0.2, 0.25) is 5.88 Å². The summed E-state index contributed by atoms with van der Waals surface area (Å²) in [5.41, 5.74) is 3.08. The second kappa shape index (κ2) is 10.6. The third-order valence-corrected chi connectivity index (χ3v) is 6.54. The van der Waals surface area contributed by atoms with Crippen molar-refractivity contribution >= 4 is 11.8 Å². The Morgan fingerprint density at radius 1 is 1.14 bits per heavy atom. The molecule has 0 spiro atoms. The molecule has 5 rings (SSSR count). The fourth-order valence-electron chi connectivity index (χ4n) is 4.73. The Kier molecular flexibility index (Phi) is 7.11. The van der Waals surface area contributed by atoms with Gasteiger partial charge in [0, 0.05) is 37.4 Å². The Morgan fingerprint density at radius 2 is 1.97 bits per heavy atom. The van der Waals surface area contributed by atoms with E-state index in [0.717, 1.165) is 18.4 Å². The first-order chi connectivity index (χ1) is 17.1. The van der Waals surface area contributed by atoms with E-state index in [0.29, 0.717) is 67.7 Å². The topological polar surface area (TPSA) is 68.0 Å². The number of aromatic nitrogens is 1. The number of morpholine rings is 1. The maximum Gasteiger partial charge on any atom is 0.254 e. The minimum absolute atomic E-state index is 0.0348. The van der Waals surface area contributed by atoms with Crippen molar-refractivity contribution in [2.24, 2.45) is 0 Å². The van der Waals surface area contributed by atoms with Gasteiger partial charge in [-0.2, -0.15) is 0 Å². The minimum Gasteiger partial charge on any atom is -0.378 e. The summed E-state index contributed by atoms with van der Waals surface area (Å²) in [7, 11) is 0. The summed E-state index contributed by atoms with van der Waals surface area (Å²) >= 11 is 0. The van der Waals surface area contributed by atoms with Gasteiger partial charge in [-0.15, -0.1) is 0 Å². The van der Waals surface area contributed by atoms with Gasteiger partial charge in [0.25, 0.3) is 5.91 Å². The van der Waals surface area contributed by atoms with Crippen molar-refractivity contribution in [3.8, 4) is 11.3 Å². The predicted octanol–water partition coefficient (Wildman–Crippen LogP) is 4.45. The summed E-state index contributed by atoms with van der Waals surface area (Å²) < 4.78 is 32.0. The lowest BCUT2D eigenvalue weighted by atomic mass is 10.0. The molecular weight excluding hydrogens is 449 g/mol. The first kappa shape index (κ1) is 23.5. The average molecular weight is 480 g/mol. The van der Waals surface area contributed by atoms with Gasteiger partial charge in [-0.25, -0.2) is 4.39 Å². The van der Waals surface area contributed by atoms with Crippen molar-refractivity contribution in [1.82, 2.24) is 10.1 Å². The normalized spacial score (nSPS) is 18.1. The van der Waals surface area contributed by atoms with E-state index in [1.54, 1.807) is 23.1 Å². The van der Waals surface area contributed by atoms with Crippen LogP contribution in [0.4, 0.5) is 10.3 Å². The quantitative estimate of drug-likeness (QED) is 0.499. The van der Waals surface area contributed by atoms with Crippen LogP contribution >= 0.6 is 0 Å². The number of hydrogen-bond acceptors (Lipinski definition) is 6. The number of carbonyl (C=O) groups excluding carboxylic acids is 1. The monoisotopic (exact) mass is 479 g/mol. The first-order valence-electron chi connectivity index (χ1n) is 12.1. The standard InChI is InChI=1S/C27H30FN3O4/c1-19-6-4-7-20(16-19)26(32)31(17-21-8-5-13-34-21)18-23-25(22-9-2-3-10-24(22)28)29-35-27(23)30-11-14-33-15-12-30/h2-4,6-7,9-10,16,21H,5,8,11-15,17-18H2,1H3/t21-/m1/s1. The smallest absolute Gasteiger partial charge is 0.254 e. The van der Waals surface area contributed by atoms with Gasteiger partial charge in [-0.3, -0.25) is 4.79 Å². The number of benzene rings is 2. The molecule has 8 heteroatoms. The minimum atomic E-state index is -0.383. The molecule has 7 nitrogen and oxygen atoms in total. The molecule has 1 aromatic heterocycles. The third kappa shape index (κ3) is 5.23. The van der Waals surface area contributed by atoms with E-state index in [1.165, 1.54) is 6.07 Å². The molecule has 0 bridgehead atoms. The van der Waals surface area contributed by atoms with E-state index in [1.807, 2.05) is 31.2 Å². The first-order valence-corrected chi connectivity index (χ1v) is 12.1.